The van der Waals surface area contributed by atoms with Gasteiger partial charge in [0.1, 0.15) is 0 Å². The molecule has 7 nitrogen and oxygen atoms in total. The van der Waals surface area contributed by atoms with Gasteiger partial charge in [0.2, 0.25) is 6.79 Å². The highest BCUT2D eigenvalue weighted by molar-refractivity contribution is 5.95. The minimum absolute atomic E-state index is 0.128. The van der Waals surface area contributed by atoms with E-state index in [2.05, 4.69) is 39.7 Å². The van der Waals surface area contributed by atoms with E-state index < -0.39 is 0 Å². The van der Waals surface area contributed by atoms with Crippen LogP contribution in [0.5, 0.6) is 11.5 Å². The van der Waals surface area contributed by atoms with Gasteiger partial charge in [-0.15, -0.1) is 0 Å². The molecule has 0 unspecified atom stereocenters. The van der Waals surface area contributed by atoms with E-state index in [-0.39, 0.29) is 12.7 Å². The lowest BCUT2D eigenvalue weighted by atomic mass is 10.1. The molecule has 7 heteroatoms. The van der Waals surface area contributed by atoms with Crippen molar-refractivity contribution in [2.45, 2.75) is 26.2 Å². The number of ether oxygens (including phenoxy) is 2. The summed E-state index contributed by atoms with van der Waals surface area (Å²) in [5.41, 5.74) is 5.11. The molecule has 3 heterocycles. The molecular formula is C25H24N4O3. The number of unbranched alkanes of at least 4 members (excludes halogenated alkanes) is 1. The Labute approximate surface area is 186 Å². The van der Waals surface area contributed by atoms with Crippen molar-refractivity contribution in [3.63, 3.8) is 0 Å². The van der Waals surface area contributed by atoms with Gasteiger partial charge in [0.15, 0.2) is 17.1 Å². The van der Waals surface area contributed by atoms with Crippen LogP contribution in [0, 0.1) is 6.92 Å². The van der Waals surface area contributed by atoms with Crippen LogP contribution in [0.25, 0.3) is 16.8 Å². The van der Waals surface area contributed by atoms with Gasteiger partial charge in [-0.3, -0.25) is 4.79 Å². The number of carbonyl (C=O) groups excluding carboxylic acids is 1. The summed E-state index contributed by atoms with van der Waals surface area (Å²) >= 11 is 0. The average molecular weight is 428 g/mol. The van der Waals surface area contributed by atoms with E-state index >= 15 is 0 Å². The number of rotatable bonds is 7. The van der Waals surface area contributed by atoms with E-state index in [1.807, 2.05) is 31.2 Å². The Morgan fingerprint density at radius 2 is 1.91 bits per heavy atom. The Morgan fingerprint density at radius 1 is 1.06 bits per heavy atom. The molecule has 1 N–H and O–H groups in total. The predicted octanol–water partition coefficient (Wildman–Crippen LogP) is 4.19. The maximum Gasteiger partial charge on any atom is 0.254 e. The summed E-state index contributed by atoms with van der Waals surface area (Å²) in [6.45, 7) is 2.75. The molecule has 5 rings (SSSR count). The maximum absolute atomic E-state index is 12.7. The molecule has 1 aliphatic rings. The van der Waals surface area contributed by atoms with Gasteiger partial charge in [0, 0.05) is 18.3 Å². The first-order valence-electron chi connectivity index (χ1n) is 10.8. The molecule has 32 heavy (non-hydrogen) atoms. The molecule has 1 amide bonds. The molecule has 162 valence electrons. The van der Waals surface area contributed by atoms with Crippen molar-refractivity contribution in [2.24, 2.45) is 0 Å². The first-order valence-corrected chi connectivity index (χ1v) is 10.8. The second-order valence-electron chi connectivity index (χ2n) is 7.82. The SMILES string of the molecule is Cc1c(C(=O)NCCCCc2ccccc2)cnc2c(-c3ccc4c(c3)OCO4)cnn12. The first kappa shape index (κ1) is 20.1. The molecule has 4 aromatic rings. The highest BCUT2D eigenvalue weighted by atomic mass is 16.7. The van der Waals surface area contributed by atoms with Crippen LogP contribution >= 0.6 is 0 Å². The van der Waals surface area contributed by atoms with E-state index in [0.29, 0.717) is 23.5 Å². The maximum atomic E-state index is 12.7. The Balaban J connectivity index is 1.26. The normalized spacial score (nSPS) is 12.3. The third-order valence-electron chi connectivity index (χ3n) is 5.72. The highest BCUT2D eigenvalue weighted by Crippen LogP contribution is 2.36. The molecule has 0 spiro atoms. The van der Waals surface area contributed by atoms with Crippen LogP contribution in [-0.4, -0.2) is 33.8 Å². The van der Waals surface area contributed by atoms with Gasteiger partial charge < -0.3 is 14.8 Å². The summed E-state index contributed by atoms with van der Waals surface area (Å²) in [5.74, 6) is 1.32. The summed E-state index contributed by atoms with van der Waals surface area (Å²) in [6, 6.07) is 16.1. The molecule has 0 bridgehead atoms. The zero-order valence-corrected chi connectivity index (χ0v) is 17.9. The van der Waals surface area contributed by atoms with E-state index in [1.54, 1.807) is 16.9 Å². The minimum atomic E-state index is -0.128. The fourth-order valence-corrected chi connectivity index (χ4v) is 3.93. The van der Waals surface area contributed by atoms with Crippen molar-refractivity contribution in [3.05, 3.63) is 77.7 Å². The van der Waals surface area contributed by atoms with Crippen molar-refractivity contribution >= 4 is 11.6 Å². The average Bonchev–Trinajstić information content (AvgIpc) is 3.46. The number of aryl methyl sites for hydroxylation is 2. The smallest absolute Gasteiger partial charge is 0.254 e. The topological polar surface area (TPSA) is 77.8 Å². The number of nitrogens with one attached hydrogen (secondary N) is 1. The monoisotopic (exact) mass is 428 g/mol. The number of carbonyl (C=O) groups is 1. The van der Waals surface area contributed by atoms with Gasteiger partial charge in [0.05, 0.1) is 17.5 Å². The molecule has 0 atom stereocenters. The minimum Gasteiger partial charge on any atom is -0.454 e. The van der Waals surface area contributed by atoms with Crippen molar-refractivity contribution in [2.75, 3.05) is 13.3 Å². The number of hydrogen-bond acceptors (Lipinski definition) is 5. The predicted molar refractivity (Wildman–Crippen MR) is 121 cm³/mol. The Hall–Kier alpha value is -3.87. The lowest BCUT2D eigenvalue weighted by Crippen LogP contribution is -2.26. The van der Waals surface area contributed by atoms with Crippen molar-refractivity contribution in [1.82, 2.24) is 19.9 Å². The quantitative estimate of drug-likeness (QED) is 0.447. The number of benzene rings is 2. The Bertz CT molecular complexity index is 1270. The summed E-state index contributed by atoms with van der Waals surface area (Å²) in [6.07, 6.45) is 6.35. The second-order valence-corrected chi connectivity index (χ2v) is 7.82. The van der Waals surface area contributed by atoms with Crippen LogP contribution in [0.1, 0.15) is 34.5 Å². The summed E-state index contributed by atoms with van der Waals surface area (Å²) in [5, 5.41) is 7.48. The van der Waals surface area contributed by atoms with E-state index in [9.17, 15) is 4.79 Å². The molecule has 1 aliphatic heterocycles. The molecule has 0 saturated carbocycles. The Kier molecular flexibility index (Phi) is 5.46. The number of hydrogen-bond donors (Lipinski definition) is 1. The van der Waals surface area contributed by atoms with Gasteiger partial charge in [-0.2, -0.15) is 5.10 Å². The van der Waals surface area contributed by atoms with Crippen LogP contribution in [0.4, 0.5) is 0 Å². The second kappa shape index (κ2) is 8.70. The number of aromatic nitrogens is 3. The molecule has 0 radical (unpaired) electrons. The highest BCUT2D eigenvalue weighted by Gasteiger charge is 2.19. The molecular weight excluding hydrogens is 404 g/mol. The summed E-state index contributed by atoms with van der Waals surface area (Å²) < 4.78 is 12.6. The molecule has 0 aliphatic carbocycles. The van der Waals surface area contributed by atoms with Gasteiger partial charge in [0.25, 0.3) is 5.91 Å². The van der Waals surface area contributed by atoms with E-state index in [1.165, 1.54) is 5.56 Å². The van der Waals surface area contributed by atoms with Crippen molar-refractivity contribution in [1.29, 1.82) is 0 Å². The third-order valence-corrected chi connectivity index (χ3v) is 5.72. The molecule has 0 fully saturated rings. The fraction of sp³-hybridized carbons (Fsp3) is 0.240. The lowest BCUT2D eigenvalue weighted by Gasteiger charge is -2.09. The van der Waals surface area contributed by atoms with Crippen LogP contribution in [0.3, 0.4) is 0 Å². The summed E-state index contributed by atoms with van der Waals surface area (Å²) in [7, 11) is 0. The van der Waals surface area contributed by atoms with Gasteiger partial charge in [-0.25, -0.2) is 9.50 Å². The standard InChI is InChI=1S/C25H24N4O3/c1-17-20(25(30)26-12-6-5-9-18-7-3-2-4-8-18)14-27-24-21(15-28-29(17)24)19-10-11-22-23(13-19)32-16-31-22/h2-4,7-8,10-11,13-15H,5-6,9,12,16H2,1H3,(H,26,30). The fourth-order valence-electron chi connectivity index (χ4n) is 3.93. The molecule has 2 aromatic heterocycles. The molecule has 2 aromatic carbocycles. The molecule has 0 saturated heterocycles. The number of fused-ring (bicyclic) bond motifs is 2. The Morgan fingerprint density at radius 3 is 2.78 bits per heavy atom. The third kappa shape index (κ3) is 3.89. The first-order chi connectivity index (χ1) is 15.7. The van der Waals surface area contributed by atoms with E-state index in [0.717, 1.165) is 41.8 Å². The van der Waals surface area contributed by atoms with Crippen LogP contribution < -0.4 is 14.8 Å². The van der Waals surface area contributed by atoms with Crippen molar-refractivity contribution in [3.8, 4) is 22.6 Å². The number of nitrogens with zero attached hydrogens (tertiary/aromatic N) is 3. The van der Waals surface area contributed by atoms with Crippen LogP contribution in [0.2, 0.25) is 0 Å². The lowest BCUT2D eigenvalue weighted by molar-refractivity contribution is 0.0951. The zero-order chi connectivity index (χ0) is 21.9. The van der Waals surface area contributed by atoms with Crippen LogP contribution in [0.15, 0.2) is 60.9 Å². The zero-order valence-electron chi connectivity index (χ0n) is 17.9. The van der Waals surface area contributed by atoms with E-state index in [4.69, 9.17) is 9.47 Å². The van der Waals surface area contributed by atoms with Gasteiger partial charge in [-0.05, 0) is 49.4 Å². The summed E-state index contributed by atoms with van der Waals surface area (Å²) in [4.78, 5) is 17.3. The van der Waals surface area contributed by atoms with Crippen molar-refractivity contribution < 1.29 is 14.3 Å². The number of amides is 1. The largest absolute Gasteiger partial charge is 0.454 e. The van der Waals surface area contributed by atoms with Crippen LogP contribution in [-0.2, 0) is 6.42 Å². The van der Waals surface area contributed by atoms with Gasteiger partial charge in [-0.1, -0.05) is 36.4 Å². The van der Waals surface area contributed by atoms with Gasteiger partial charge >= 0.3 is 0 Å².